The van der Waals surface area contributed by atoms with E-state index in [0.29, 0.717) is 0 Å². The molecule has 3 aliphatic rings. The van der Waals surface area contributed by atoms with Gasteiger partial charge in [-0.05, 0) is 61.6 Å². The number of hydrogen-bond acceptors (Lipinski definition) is 1. The molecule has 3 aliphatic carbocycles. The van der Waals surface area contributed by atoms with E-state index in [0.717, 1.165) is 29.7 Å². The summed E-state index contributed by atoms with van der Waals surface area (Å²) in [6.07, 6.45) is 23.4. The minimum atomic E-state index is 0.838. The zero-order chi connectivity index (χ0) is 17.8. The Morgan fingerprint density at radius 1 is 1.08 bits per heavy atom. The molecule has 0 spiro atoms. The number of nitrogens with zero attached hydrogens (tertiary/aromatic N) is 2. The maximum atomic E-state index is 5.63. The first-order valence-corrected chi connectivity index (χ1v) is 10.6. The second kappa shape index (κ2) is 8.43. The molecule has 0 amide bonds. The van der Waals surface area contributed by atoms with Gasteiger partial charge >= 0.3 is 0 Å². The first kappa shape index (κ1) is 17.9. The van der Waals surface area contributed by atoms with E-state index in [2.05, 4.69) is 27.6 Å². The van der Waals surface area contributed by atoms with E-state index in [9.17, 15) is 0 Å². The lowest BCUT2D eigenvalue weighted by molar-refractivity contribution is 0.352. The summed E-state index contributed by atoms with van der Waals surface area (Å²) < 4.78 is 2.35. The molecule has 0 saturated heterocycles. The van der Waals surface area contributed by atoms with Gasteiger partial charge < -0.3 is 4.40 Å². The topological polar surface area (TPSA) is 17.3 Å². The number of imidazole rings is 1. The molecule has 0 atom stereocenters. The van der Waals surface area contributed by atoms with Gasteiger partial charge in [-0.2, -0.15) is 0 Å². The van der Waals surface area contributed by atoms with Gasteiger partial charge in [0.15, 0.2) is 0 Å². The predicted molar refractivity (Wildman–Crippen MR) is 110 cm³/mol. The molecular formula is C23H29ClN2. The molecule has 2 nitrogen and oxygen atoms in total. The van der Waals surface area contributed by atoms with Crippen LogP contribution < -0.4 is 0 Å². The van der Waals surface area contributed by atoms with Crippen LogP contribution in [0.15, 0.2) is 47.9 Å². The molecule has 2 aromatic rings. The van der Waals surface area contributed by atoms with E-state index in [1.807, 2.05) is 24.7 Å². The number of fused-ring (bicyclic) bond motifs is 1. The van der Waals surface area contributed by atoms with Gasteiger partial charge in [0.05, 0.1) is 18.0 Å². The Labute approximate surface area is 162 Å². The lowest BCUT2D eigenvalue weighted by Gasteiger charge is -2.23. The van der Waals surface area contributed by atoms with Gasteiger partial charge in [0.1, 0.15) is 0 Å². The lowest BCUT2D eigenvalue weighted by Crippen LogP contribution is -2.13. The van der Waals surface area contributed by atoms with Crippen molar-refractivity contribution in [2.24, 2.45) is 5.92 Å². The average Bonchev–Trinajstić information content (AvgIpc) is 3.40. The van der Waals surface area contributed by atoms with Gasteiger partial charge in [0.2, 0.25) is 0 Å². The smallest absolute Gasteiger partial charge is 0.0994 e. The third-order valence-electron chi connectivity index (χ3n) is 5.91. The van der Waals surface area contributed by atoms with Crippen molar-refractivity contribution in [3.05, 3.63) is 59.2 Å². The largest absolute Gasteiger partial charge is 0.303 e. The molecule has 2 heterocycles. The minimum Gasteiger partial charge on any atom is -0.303 e. The van der Waals surface area contributed by atoms with Gasteiger partial charge in [-0.3, -0.25) is 0 Å². The second-order valence-electron chi connectivity index (χ2n) is 7.99. The maximum Gasteiger partial charge on any atom is 0.0994 e. The van der Waals surface area contributed by atoms with Crippen LogP contribution in [-0.2, 0) is 6.42 Å². The van der Waals surface area contributed by atoms with Crippen LogP contribution in [0.25, 0.3) is 5.52 Å². The number of pyridine rings is 1. The van der Waals surface area contributed by atoms with E-state index in [1.54, 1.807) is 11.3 Å². The first-order valence-electron chi connectivity index (χ1n) is 10.3. The molecule has 0 unspecified atom stereocenters. The fraction of sp³-hybridized carbons (Fsp3) is 0.522. The lowest BCUT2D eigenvalue weighted by atomic mass is 9.85. The van der Waals surface area contributed by atoms with Gasteiger partial charge in [-0.25, -0.2) is 4.98 Å². The van der Waals surface area contributed by atoms with Crippen LogP contribution in [0.1, 0.15) is 75.0 Å². The minimum absolute atomic E-state index is 0.838. The Morgan fingerprint density at radius 3 is 2.58 bits per heavy atom. The van der Waals surface area contributed by atoms with Crippen LogP contribution in [-0.4, -0.2) is 9.38 Å². The summed E-state index contributed by atoms with van der Waals surface area (Å²) in [5, 5.41) is 0.975. The molecule has 138 valence electrons. The first-order chi connectivity index (χ1) is 12.8. The van der Waals surface area contributed by atoms with Gasteiger partial charge in [0, 0.05) is 10.7 Å². The van der Waals surface area contributed by atoms with Crippen molar-refractivity contribution in [1.82, 2.24) is 9.38 Å². The molecule has 0 aliphatic heterocycles. The van der Waals surface area contributed by atoms with Gasteiger partial charge in [0.25, 0.3) is 0 Å². The fourth-order valence-electron chi connectivity index (χ4n) is 4.28. The zero-order valence-electron chi connectivity index (χ0n) is 15.5. The average molecular weight is 369 g/mol. The maximum absolute atomic E-state index is 5.63. The van der Waals surface area contributed by atoms with E-state index in [-0.39, 0.29) is 0 Å². The van der Waals surface area contributed by atoms with Crippen molar-refractivity contribution < 1.29 is 0 Å². The molecule has 0 aromatic carbocycles. The Bertz CT molecular complexity index is 792. The summed E-state index contributed by atoms with van der Waals surface area (Å²) in [4.78, 5) is 4.34. The number of rotatable bonds is 3. The predicted octanol–water partition coefficient (Wildman–Crippen LogP) is 6.79. The molecule has 0 radical (unpaired) electrons. The van der Waals surface area contributed by atoms with Crippen LogP contribution >= 0.6 is 11.6 Å². The highest BCUT2D eigenvalue weighted by Crippen LogP contribution is 2.43. The second-order valence-corrected chi connectivity index (χ2v) is 8.47. The number of aromatic nitrogens is 2. The molecule has 3 heteroatoms. The van der Waals surface area contributed by atoms with Gasteiger partial charge in [-0.15, -0.1) is 0 Å². The van der Waals surface area contributed by atoms with E-state index in [1.165, 1.54) is 56.9 Å². The molecule has 0 N–H and O–H groups in total. The summed E-state index contributed by atoms with van der Waals surface area (Å²) in [6, 6.07) is 4.61. The van der Waals surface area contributed by atoms with Crippen LogP contribution in [0.2, 0.25) is 0 Å². The van der Waals surface area contributed by atoms with Crippen molar-refractivity contribution in [2.45, 2.75) is 70.1 Å². The summed E-state index contributed by atoms with van der Waals surface area (Å²) in [7, 11) is 0. The standard InChI is InChI=1S/C17H22N2.C6H7Cl/c1-2-4-13(5-3-1)10-17-16(14-6-7-14)9-8-15-11-18-12-19(15)17;7-6-4-2-1-3-5-6/h8-9,11-14H,1-7,10H2;1-2,4H,3,5H2. The highest BCUT2D eigenvalue weighted by Gasteiger charge is 2.28. The number of hydrogen-bond donors (Lipinski definition) is 0. The Hall–Kier alpha value is -1.54. The molecular weight excluding hydrogens is 340 g/mol. The third-order valence-corrected chi connectivity index (χ3v) is 6.23. The molecule has 0 bridgehead atoms. The normalized spacial score (nSPS) is 20.6. The van der Waals surface area contributed by atoms with Crippen LogP contribution in [0.4, 0.5) is 0 Å². The van der Waals surface area contributed by atoms with E-state index in [4.69, 9.17) is 11.6 Å². The number of allylic oxidation sites excluding steroid dienone is 4. The van der Waals surface area contributed by atoms with Crippen molar-refractivity contribution in [1.29, 1.82) is 0 Å². The zero-order valence-corrected chi connectivity index (χ0v) is 16.3. The third kappa shape index (κ3) is 4.40. The Kier molecular flexibility index (Phi) is 5.79. The molecule has 5 rings (SSSR count). The van der Waals surface area contributed by atoms with Crippen LogP contribution in [0, 0.1) is 5.92 Å². The van der Waals surface area contributed by atoms with Crippen molar-refractivity contribution in [3.8, 4) is 0 Å². The molecule has 26 heavy (non-hydrogen) atoms. The quantitative estimate of drug-likeness (QED) is 0.582. The molecule has 2 saturated carbocycles. The fourth-order valence-corrected chi connectivity index (χ4v) is 4.47. The van der Waals surface area contributed by atoms with Crippen molar-refractivity contribution in [2.75, 3.05) is 0 Å². The van der Waals surface area contributed by atoms with Gasteiger partial charge in [-0.1, -0.05) is 61.9 Å². The summed E-state index contributed by atoms with van der Waals surface area (Å²) in [6.45, 7) is 0. The van der Waals surface area contributed by atoms with Crippen molar-refractivity contribution in [3.63, 3.8) is 0 Å². The Morgan fingerprint density at radius 2 is 1.92 bits per heavy atom. The van der Waals surface area contributed by atoms with Crippen LogP contribution in [0.5, 0.6) is 0 Å². The highest BCUT2D eigenvalue weighted by atomic mass is 35.5. The highest BCUT2D eigenvalue weighted by molar-refractivity contribution is 6.29. The van der Waals surface area contributed by atoms with Crippen LogP contribution in [0.3, 0.4) is 0 Å². The monoisotopic (exact) mass is 368 g/mol. The summed E-state index contributed by atoms with van der Waals surface area (Å²) in [5.74, 6) is 1.74. The van der Waals surface area contributed by atoms with E-state index >= 15 is 0 Å². The summed E-state index contributed by atoms with van der Waals surface area (Å²) in [5.41, 5.74) is 4.43. The van der Waals surface area contributed by atoms with Crippen molar-refractivity contribution >= 4 is 17.1 Å². The molecule has 2 aromatic heterocycles. The van der Waals surface area contributed by atoms with E-state index < -0.39 is 0 Å². The number of halogens is 1. The Balaban J connectivity index is 0.000000204. The SMILES string of the molecule is ClC1=CC=CCC1.c1cc2cncn2c(CC2CCCCC2)c1C1CC1. The summed E-state index contributed by atoms with van der Waals surface area (Å²) >= 11 is 5.63. The molecule has 2 fully saturated rings.